The summed E-state index contributed by atoms with van der Waals surface area (Å²) in [4.78, 5) is 13.4. The van der Waals surface area contributed by atoms with Crippen LogP contribution in [-0.2, 0) is 34.4 Å². The lowest BCUT2D eigenvalue weighted by Crippen LogP contribution is -2.53. The number of ether oxygens (including phenoxy) is 2. The average Bonchev–Trinajstić information content (AvgIpc) is 1.40. The van der Waals surface area contributed by atoms with Crippen molar-refractivity contribution in [1.29, 1.82) is 0 Å². The standard InChI is InChI=1S/C101H50O5/c1-32-16-41-20-46-26-49-33(2)48-25-40-12-10-35-14-15-59-61-34(3)50-24-38-8-4-7-37-18-43-22-45-23-44-21-42-19-39-13-11-36-6-5-9-47-60(105-31-102)30-52-51(17-32)63(41)85-66(46)86-75(49)88-76(48)93-67(40)95(35)100(59)101(106-100)96-58-29-57-80(65(43)84(62(37)38)74(50)81(57)92(61)96)70(45)99(104)69(44)79-55-28-56-73(58)94(97(93)101)91(88)90(86)83(56)87-72(55)54(78(64(42)79)68(39)98(36)103)27-53-71(47)77(52)89(85)82(53)87/h5-7,10-27,30-31,34,57,59,89-90,97,103-104H,4,8-9,28-29H2,1-3H3/b6-5-. The second kappa shape index (κ2) is 14.4. The molecule has 1 heterocycles. The van der Waals surface area contributed by atoms with Crippen LogP contribution in [0.4, 0.5) is 0 Å². The normalized spacial score (nSPS) is 26.0. The topological polar surface area (TPSA) is 79.3 Å². The number of carbonyl (C=O) groups excluding carboxylic acids is 1. The van der Waals surface area contributed by atoms with E-state index in [1.54, 1.807) is 11.1 Å². The van der Waals surface area contributed by atoms with Crippen LogP contribution in [0.25, 0.3) is 197 Å². The number of carbonyl (C=O) groups is 1. The summed E-state index contributed by atoms with van der Waals surface area (Å²) in [5, 5.41) is 64.7. The van der Waals surface area contributed by atoms with Gasteiger partial charge in [0.2, 0.25) is 0 Å². The number of rotatable bonds is 2. The van der Waals surface area contributed by atoms with Crippen LogP contribution in [0.15, 0.2) is 154 Å². The smallest absolute Gasteiger partial charge is 0.298 e. The second-order valence-electron chi connectivity index (χ2n) is 35.5. The van der Waals surface area contributed by atoms with Crippen molar-refractivity contribution in [3.63, 3.8) is 0 Å². The molecule has 18 aliphatic rings. The van der Waals surface area contributed by atoms with E-state index < -0.39 is 11.2 Å². The number of epoxide rings is 1. The molecule has 1 aliphatic heterocycles. The minimum absolute atomic E-state index is 0.0131. The van der Waals surface area contributed by atoms with Crippen LogP contribution in [-0.4, -0.2) is 22.3 Å². The van der Waals surface area contributed by atoms with E-state index in [2.05, 4.69) is 154 Å². The van der Waals surface area contributed by atoms with Crippen LogP contribution in [0.5, 0.6) is 17.2 Å². The minimum Gasteiger partial charge on any atom is -0.507 e. The Morgan fingerprint density at radius 2 is 1.32 bits per heavy atom. The fourth-order valence-electron chi connectivity index (χ4n) is 29.7. The first-order valence-electron chi connectivity index (χ1n) is 38.9. The molecule has 0 aromatic heterocycles. The van der Waals surface area contributed by atoms with Crippen LogP contribution in [0.1, 0.15) is 138 Å². The summed E-state index contributed by atoms with van der Waals surface area (Å²) >= 11 is 0. The van der Waals surface area contributed by atoms with Crippen LogP contribution < -0.4 is 20.4 Å². The van der Waals surface area contributed by atoms with Crippen molar-refractivity contribution in [2.24, 2.45) is 5.92 Å². The highest BCUT2D eigenvalue weighted by Gasteiger charge is 2.87. The van der Waals surface area contributed by atoms with Gasteiger partial charge in [0.1, 0.15) is 28.5 Å². The van der Waals surface area contributed by atoms with Gasteiger partial charge in [-0.2, -0.15) is 0 Å². The van der Waals surface area contributed by atoms with Crippen LogP contribution >= 0.6 is 0 Å². The van der Waals surface area contributed by atoms with E-state index in [9.17, 15) is 9.90 Å². The number of allylic oxidation sites excluding steroid dienone is 5. The molecular formula is C101H50O5. The fraction of sp³-hybridized carbons (Fsp3) is 0.158. The molecule has 0 saturated carbocycles. The summed E-state index contributed by atoms with van der Waals surface area (Å²) in [5.74, 6) is 0.727. The number of phenolic OH excluding ortho intramolecular Hbond substituents is 2. The van der Waals surface area contributed by atoms with Crippen molar-refractivity contribution in [2.75, 3.05) is 0 Å². The van der Waals surface area contributed by atoms with Gasteiger partial charge in [0.05, 0.1) is 0 Å². The maximum absolute atomic E-state index is 15.1. The Kier molecular flexibility index (Phi) is 6.87. The number of fused-ring (bicyclic) bond motifs is 3. The lowest BCUT2D eigenvalue weighted by molar-refractivity contribution is -0.120. The summed E-state index contributed by atoms with van der Waals surface area (Å²) in [6.45, 7) is 7.98. The molecule has 8 atom stereocenters. The predicted octanol–water partition coefficient (Wildman–Crippen LogP) is 20.4. The molecule has 16 aromatic rings. The van der Waals surface area contributed by atoms with Gasteiger partial charge in [0.15, 0.2) is 0 Å². The number of hydrogen-bond acceptors (Lipinski definition) is 5. The van der Waals surface area contributed by atoms with Crippen LogP contribution in [0.3, 0.4) is 0 Å². The van der Waals surface area contributed by atoms with E-state index in [1.807, 2.05) is 0 Å². The third-order valence-electron chi connectivity index (χ3n) is 32.3. The number of aryl methyl sites for hydroxylation is 3. The Hall–Kier alpha value is -11.9. The highest BCUT2D eigenvalue weighted by Crippen LogP contribution is 2.87. The first kappa shape index (κ1) is 50.5. The van der Waals surface area contributed by atoms with Crippen molar-refractivity contribution in [3.05, 3.63) is 259 Å². The molecule has 1 fully saturated rings. The third-order valence-corrected chi connectivity index (χ3v) is 32.3. The zero-order chi connectivity index (χ0) is 67.5. The monoisotopic (exact) mass is 1340 g/mol. The van der Waals surface area contributed by atoms with Gasteiger partial charge in [-0.1, -0.05) is 79.8 Å². The predicted molar refractivity (Wildman–Crippen MR) is 423 cm³/mol. The Labute approximate surface area is 600 Å². The third kappa shape index (κ3) is 4.27. The molecular weight excluding hydrogens is 1290 g/mol. The minimum atomic E-state index is -0.716. The van der Waals surface area contributed by atoms with Gasteiger partial charge in [0.25, 0.3) is 6.47 Å². The van der Waals surface area contributed by atoms with E-state index in [-0.39, 0.29) is 41.3 Å². The molecule has 34 rings (SSSR count). The maximum Gasteiger partial charge on any atom is 0.298 e. The maximum atomic E-state index is 15.1. The molecule has 5 heteroatoms. The molecule has 2 N–H and O–H groups in total. The Bertz CT molecular complexity index is 8580. The van der Waals surface area contributed by atoms with Crippen molar-refractivity contribution in [2.45, 2.75) is 93.7 Å². The fourth-order valence-corrected chi connectivity index (χ4v) is 29.7. The van der Waals surface area contributed by atoms with E-state index in [1.165, 1.54) is 236 Å². The molecule has 0 radical (unpaired) electrons. The largest absolute Gasteiger partial charge is 0.507 e. The quantitative estimate of drug-likeness (QED) is 0.0780. The van der Waals surface area contributed by atoms with Crippen molar-refractivity contribution in [3.8, 4) is 39.5 Å². The zero-order valence-corrected chi connectivity index (χ0v) is 57.4. The number of hydrogen-bond donors (Lipinski definition) is 2. The summed E-state index contributed by atoms with van der Waals surface area (Å²) in [6, 6.07) is 41.9. The first-order valence-corrected chi connectivity index (χ1v) is 38.9. The Morgan fingerprint density at radius 1 is 0.538 bits per heavy atom. The molecule has 0 amide bonds. The molecule has 8 unspecified atom stereocenters. The Balaban J connectivity index is 0.915. The molecule has 106 heavy (non-hydrogen) atoms. The zero-order valence-electron chi connectivity index (χ0n) is 57.4. The lowest BCUT2D eigenvalue weighted by Gasteiger charge is -2.57. The van der Waals surface area contributed by atoms with Gasteiger partial charge in [-0.05, 0) is 391 Å². The summed E-state index contributed by atoms with van der Waals surface area (Å²) in [7, 11) is 0. The molecule has 2 spiro atoms. The number of aromatic hydroxyl groups is 2. The highest BCUT2D eigenvalue weighted by molar-refractivity contribution is 6.41. The van der Waals surface area contributed by atoms with Gasteiger partial charge in [-0.15, -0.1) is 0 Å². The summed E-state index contributed by atoms with van der Waals surface area (Å²) in [5.41, 5.74) is 39.4. The van der Waals surface area contributed by atoms with E-state index in [4.69, 9.17) is 9.47 Å². The van der Waals surface area contributed by atoms with Crippen LogP contribution in [0, 0.1) is 19.8 Å². The molecule has 17 aliphatic carbocycles. The number of phenols is 2. The first-order chi connectivity index (χ1) is 52.1. The molecule has 16 aromatic carbocycles. The van der Waals surface area contributed by atoms with Gasteiger partial charge in [-0.25, -0.2) is 0 Å². The molecule has 10 bridgehead atoms. The second-order valence-corrected chi connectivity index (χ2v) is 35.5. The van der Waals surface area contributed by atoms with Gasteiger partial charge < -0.3 is 19.7 Å². The van der Waals surface area contributed by atoms with E-state index >= 15 is 5.11 Å². The van der Waals surface area contributed by atoms with Crippen molar-refractivity contribution < 1.29 is 24.5 Å². The van der Waals surface area contributed by atoms with Gasteiger partial charge in [0, 0.05) is 73.7 Å². The highest BCUT2D eigenvalue weighted by atomic mass is 16.6. The molecule has 5 nitrogen and oxygen atoms in total. The SMILES string of the molecule is Cc1cc2c3c4c5c6c7c8c9c%10c%11c%12c(ccc%11cc9c(C)c7cc5cc3c1)C=CC1C3=C5C7=C9CC%11C5=c5c(cc%13c%14c(cc%15cc%16cc%17cc%18cc%19ccc%20c(O)c%19c%19c%21cc%22c(c%23c%21c(c(c%17c(O)c%16c%11c%15c5%14)c%18%19)CC5=C9C(=C8C6C=%235)C%10C75OC%1215)C4c1c-2cc(OC=O)c(c1-%22)C/C=C\%20)=CCC%13)C3C. The number of benzene rings is 16. The van der Waals surface area contributed by atoms with E-state index in [0.29, 0.717) is 30.8 Å². The lowest BCUT2D eigenvalue weighted by atomic mass is 9.43. The van der Waals surface area contributed by atoms with Gasteiger partial charge in [-0.3, -0.25) is 4.79 Å². The van der Waals surface area contributed by atoms with Gasteiger partial charge >= 0.3 is 0 Å². The van der Waals surface area contributed by atoms with E-state index in [0.717, 1.165) is 95.2 Å². The van der Waals surface area contributed by atoms with Crippen molar-refractivity contribution >= 4 is 181 Å². The summed E-state index contributed by atoms with van der Waals surface area (Å²) in [6.07, 6.45) is 15.9. The Morgan fingerprint density at radius 3 is 2.21 bits per heavy atom. The van der Waals surface area contributed by atoms with Crippen molar-refractivity contribution in [1.82, 2.24) is 0 Å². The molecule has 1 saturated heterocycles. The summed E-state index contributed by atoms with van der Waals surface area (Å²) < 4.78 is 15.3. The van der Waals surface area contributed by atoms with Crippen LogP contribution in [0.2, 0.25) is 0 Å². The average molecular weight is 1340 g/mol. The molecule has 484 valence electrons.